The summed E-state index contributed by atoms with van der Waals surface area (Å²) >= 11 is 1.67. The Morgan fingerprint density at radius 3 is 2.52 bits per heavy atom. The first-order valence-electron chi connectivity index (χ1n) is 10.3. The van der Waals surface area contributed by atoms with Crippen molar-refractivity contribution in [3.05, 3.63) is 59.9 Å². The van der Waals surface area contributed by atoms with Crippen molar-refractivity contribution in [2.45, 2.75) is 36.6 Å². The molecule has 1 aromatic heterocycles. The van der Waals surface area contributed by atoms with Gasteiger partial charge >= 0.3 is 0 Å². The Balaban J connectivity index is 1.40. The average Bonchev–Trinajstić information content (AvgIpc) is 3.43. The lowest BCUT2D eigenvalue weighted by atomic mass is 10.2. The van der Waals surface area contributed by atoms with Gasteiger partial charge in [-0.05, 0) is 48.9 Å². The Morgan fingerprint density at radius 2 is 1.81 bits per heavy atom. The first kappa shape index (κ1) is 21.9. The molecule has 1 aliphatic heterocycles. The Kier molecular flexibility index (Phi) is 6.64. The Labute approximate surface area is 186 Å². The standard InChI is InChI=1S/C22H26N4O3S2/c1-30-16-21-24-19-6-2-3-7-20(19)26(21)15-22(27)23-14-17-8-10-18(11-9-17)31(28,29)25-12-4-5-13-25/h2-3,6-11H,4-5,12-16H2,1H3,(H,23,27). The maximum Gasteiger partial charge on any atom is 0.243 e. The molecule has 31 heavy (non-hydrogen) atoms. The normalized spacial score (nSPS) is 14.9. The summed E-state index contributed by atoms with van der Waals surface area (Å²) in [6.07, 6.45) is 3.83. The molecule has 1 N–H and O–H groups in total. The number of nitrogens with zero attached hydrogens (tertiary/aromatic N) is 3. The van der Waals surface area contributed by atoms with Crippen LogP contribution in [-0.4, -0.2) is 47.5 Å². The van der Waals surface area contributed by atoms with Gasteiger partial charge in [-0.2, -0.15) is 16.1 Å². The zero-order valence-corrected chi connectivity index (χ0v) is 19.1. The highest BCUT2D eigenvalue weighted by molar-refractivity contribution is 7.97. The number of para-hydroxylation sites is 2. The molecule has 0 bridgehead atoms. The van der Waals surface area contributed by atoms with E-state index in [0.717, 1.165) is 41.0 Å². The lowest BCUT2D eigenvalue weighted by Gasteiger charge is -2.15. The minimum atomic E-state index is -3.42. The van der Waals surface area contributed by atoms with Crippen LogP contribution in [0.25, 0.3) is 11.0 Å². The van der Waals surface area contributed by atoms with Crippen molar-refractivity contribution in [2.24, 2.45) is 0 Å². The summed E-state index contributed by atoms with van der Waals surface area (Å²) < 4.78 is 28.7. The molecule has 0 saturated carbocycles. The van der Waals surface area contributed by atoms with E-state index in [1.807, 2.05) is 35.1 Å². The number of carbonyl (C=O) groups is 1. The largest absolute Gasteiger partial charge is 0.350 e. The molecule has 7 nitrogen and oxygen atoms in total. The molecule has 9 heteroatoms. The quantitative estimate of drug-likeness (QED) is 0.561. The lowest BCUT2D eigenvalue weighted by Crippen LogP contribution is -2.28. The van der Waals surface area contributed by atoms with Crippen molar-refractivity contribution in [3.63, 3.8) is 0 Å². The summed E-state index contributed by atoms with van der Waals surface area (Å²) in [5.74, 6) is 1.49. The number of carbonyl (C=O) groups excluding carboxylic acids is 1. The van der Waals surface area contributed by atoms with Crippen LogP contribution >= 0.6 is 11.8 Å². The smallest absolute Gasteiger partial charge is 0.243 e. The zero-order chi connectivity index (χ0) is 21.8. The van der Waals surface area contributed by atoms with E-state index in [0.29, 0.717) is 24.5 Å². The van der Waals surface area contributed by atoms with Gasteiger partial charge in [0.05, 0.1) is 21.7 Å². The number of benzene rings is 2. The van der Waals surface area contributed by atoms with Gasteiger partial charge in [-0.15, -0.1) is 0 Å². The topological polar surface area (TPSA) is 84.3 Å². The van der Waals surface area contributed by atoms with Gasteiger partial charge in [0.2, 0.25) is 15.9 Å². The molecule has 164 valence electrons. The maximum atomic E-state index is 12.6. The third-order valence-electron chi connectivity index (χ3n) is 5.42. The van der Waals surface area contributed by atoms with Gasteiger partial charge in [-0.25, -0.2) is 13.4 Å². The van der Waals surface area contributed by atoms with Crippen LogP contribution in [-0.2, 0) is 33.7 Å². The summed E-state index contributed by atoms with van der Waals surface area (Å²) in [5, 5.41) is 2.93. The van der Waals surface area contributed by atoms with Crippen LogP contribution in [0.1, 0.15) is 24.2 Å². The highest BCUT2D eigenvalue weighted by Gasteiger charge is 2.26. The Bertz CT molecular complexity index is 1170. The molecule has 1 saturated heterocycles. The number of fused-ring (bicyclic) bond motifs is 1. The molecule has 2 heterocycles. The average molecular weight is 459 g/mol. The first-order chi connectivity index (χ1) is 15.0. The molecule has 0 radical (unpaired) electrons. The van der Waals surface area contributed by atoms with E-state index in [1.54, 1.807) is 36.0 Å². The van der Waals surface area contributed by atoms with Gasteiger partial charge in [-0.1, -0.05) is 24.3 Å². The van der Waals surface area contributed by atoms with Crippen molar-refractivity contribution in [2.75, 3.05) is 19.3 Å². The fraction of sp³-hybridized carbons (Fsp3) is 0.364. The number of rotatable bonds is 8. The number of imidazole rings is 1. The highest BCUT2D eigenvalue weighted by atomic mass is 32.2. The molecule has 0 aliphatic carbocycles. The minimum absolute atomic E-state index is 0.112. The van der Waals surface area contributed by atoms with Crippen molar-refractivity contribution >= 4 is 38.7 Å². The number of hydrogen-bond acceptors (Lipinski definition) is 5. The third kappa shape index (κ3) is 4.78. The second-order valence-electron chi connectivity index (χ2n) is 7.57. The molecule has 0 unspecified atom stereocenters. The van der Waals surface area contributed by atoms with Gasteiger partial charge in [0, 0.05) is 19.6 Å². The van der Waals surface area contributed by atoms with Crippen LogP contribution in [0.15, 0.2) is 53.4 Å². The van der Waals surface area contributed by atoms with E-state index in [2.05, 4.69) is 10.3 Å². The Hall–Kier alpha value is -2.36. The number of sulfonamides is 1. The molecule has 4 rings (SSSR count). The predicted octanol–water partition coefficient (Wildman–Crippen LogP) is 3.00. The van der Waals surface area contributed by atoms with E-state index in [1.165, 1.54) is 4.31 Å². The summed E-state index contributed by atoms with van der Waals surface area (Å²) in [6, 6.07) is 14.6. The summed E-state index contributed by atoms with van der Waals surface area (Å²) in [4.78, 5) is 17.6. The number of hydrogen-bond donors (Lipinski definition) is 1. The molecule has 3 aromatic rings. The van der Waals surface area contributed by atoms with Crippen LogP contribution in [0, 0.1) is 0 Å². The van der Waals surface area contributed by atoms with E-state index in [4.69, 9.17) is 0 Å². The molecule has 0 atom stereocenters. The van der Waals surface area contributed by atoms with Crippen LogP contribution < -0.4 is 5.32 Å². The molecular formula is C22H26N4O3S2. The monoisotopic (exact) mass is 458 g/mol. The van der Waals surface area contributed by atoms with E-state index in [9.17, 15) is 13.2 Å². The van der Waals surface area contributed by atoms with E-state index in [-0.39, 0.29) is 12.5 Å². The van der Waals surface area contributed by atoms with Gasteiger partial charge < -0.3 is 9.88 Å². The van der Waals surface area contributed by atoms with Crippen molar-refractivity contribution in [3.8, 4) is 0 Å². The summed E-state index contributed by atoms with van der Waals surface area (Å²) in [5.41, 5.74) is 2.68. The number of amides is 1. The van der Waals surface area contributed by atoms with Crippen LogP contribution in [0.2, 0.25) is 0 Å². The SMILES string of the molecule is CSCc1nc2ccccc2n1CC(=O)NCc1ccc(S(=O)(=O)N2CCCC2)cc1. The summed E-state index contributed by atoms with van der Waals surface area (Å²) in [6.45, 7) is 1.70. The Morgan fingerprint density at radius 1 is 1.10 bits per heavy atom. The van der Waals surface area contributed by atoms with Crippen LogP contribution in [0.3, 0.4) is 0 Å². The second-order valence-corrected chi connectivity index (χ2v) is 10.4. The number of aromatic nitrogens is 2. The van der Waals surface area contributed by atoms with Gasteiger partial charge in [0.15, 0.2) is 0 Å². The zero-order valence-electron chi connectivity index (χ0n) is 17.5. The van der Waals surface area contributed by atoms with E-state index >= 15 is 0 Å². The molecule has 2 aromatic carbocycles. The fourth-order valence-electron chi connectivity index (χ4n) is 3.80. The maximum absolute atomic E-state index is 12.6. The molecule has 1 aliphatic rings. The predicted molar refractivity (Wildman–Crippen MR) is 123 cm³/mol. The van der Waals surface area contributed by atoms with Crippen molar-refractivity contribution in [1.82, 2.24) is 19.2 Å². The van der Waals surface area contributed by atoms with Crippen LogP contribution in [0.4, 0.5) is 0 Å². The molecule has 0 spiro atoms. The van der Waals surface area contributed by atoms with Gasteiger partial charge in [0.1, 0.15) is 12.4 Å². The van der Waals surface area contributed by atoms with Crippen molar-refractivity contribution < 1.29 is 13.2 Å². The second kappa shape index (κ2) is 9.42. The first-order valence-corrected chi connectivity index (χ1v) is 13.1. The number of nitrogens with one attached hydrogen (secondary N) is 1. The van der Waals surface area contributed by atoms with E-state index < -0.39 is 10.0 Å². The number of thioether (sulfide) groups is 1. The highest BCUT2D eigenvalue weighted by Crippen LogP contribution is 2.21. The molecule has 1 amide bonds. The fourth-order valence-corrected chi connectivity index (χ4v) is 5.79. The van der Waals surface area contributed by atoms with Crippen molar-refractivity contribution in [1.29, 1.82) is 0 Å². The lowest BCUT2D eigenvalue weighted by molar-refractivity contribution is -0.121. The van der Waals surface area contributed by atoms with Gasteiger partial charge in [-0.3, -0.25) is 4.79 Å². The minimum Gasteiger partial charge on any atom is -0.350 e. The molecule has 1 fully saturated rings. The molecular weight excluding hydrogens is 432 g/mol. The van der Waals surface area contributed by atoms with Crippen LogP contribution in [0.5, 0.6) is 0 Å². The third-order valence-corrected chi connectivity index (χ3v) is 7.88. The van der Waals surface area contributed by atoms with Gasteiger partial charge in [0.25, 0.3) is 0 Å². The summed E-state index contributed by atoms with van der Waals surface area (Å²) in [7, 11) is -3.42.